The number of fused-ring (bicyclic) bond motifs is 1. The van der Waals surface area contributed by atoms with Crippen molar-refractivity contribution in [3.63, 3.8) is 0 Å². The number of carbonyl (C=O) groups excluding carboxylic acids is 1. The molecule has 2 aromatic rings. The Morgan fingerprint density at radius 3 is 2.73 bits per heavy atom. The van der Waals surface area contributed by atoms with E-state index in [1.165, 1.54) is 0 Å². The number of carbonyl (C=O) groups is 1. The Balaban J connectivity index is 2.04. The lowest BCUT2D eigenvalue weighted by molar-refractivity contribution is -0.121. The topological polar surface area (TPSA) is 57.0 Å². The molecule has 0 amide bonds. The van der Waals surface area contributed by atoms with Crippen LogP contribution in [0.3, 0.4) is 0 Å². The number of anilines is 1. The first-order valence-electron chi connectivity index (χ1n) is 7.65. The van der Waals surface area contributed by atoms with Crippen LogP contribution in [0.25, 0.3) is 10.9 Å². The van der Waals surface area contributed by atoms with Gasteiger partial charge in [0, 0.05) is 30.6 Å². The molecular weight excluding hydrogens is 274 g/mol. The highest BCUT2D eigenvalue weighted by molar-refractivity contribution is 5.95. The lowest BCUT2D eigenvalue weighted by Crippen LogP contribution is -2.36. The van der Waals surface area contributed by atoms with Gasteiger partial charge in [-0.15, -0.1) is 0 Å². The number of aromatic nitrogens is 1. The van der Waals surface area contributed by atoms with Crippen molar-refractivity contribution in [3.8, 4) is 6.07 Å². The highest BCUT2D eigenvalue weighted by atomic mass is 16.1. The van der Waals surface area contributed by atoms with Gasteiger partial charge in [0.2, 0.25) is 0 Å². The molecule has 1 aromatic heterocycles. The summed E-state index contributed by atoms with van der Waals surface area (Å²) in [5.74, 6) is 0.437. The summed E-state index contributed by atoms with van der Waals surface area (Å²) in [6.45, 7) is 5.34. The number of nitriles is 1. The highest BCUT2D eigenvalue weighted by Gasteiger charge is 2.25. The zero-order chi connectivity index (χ0) is 15.7. The van der Waals surface area contributed by atoms with Crippen molar-refractivity contribution in [1.82, 2.24) is 4.98 Å². The molecule has 2 heterocycles. The maximum absolute atomic E-state index is 11.5. The fourth-order valence-corrected chi connectivity index (χ4v) is 3.22. The maximum Gasteiger partial charge on any atom is 0.133 e. The van der Waals surface area contributed by atoms with Gasteiger partial charge in [-0.1, -0.05) is 11.6 Å². The quantitative estimate of drug-likeness (QED) is 0.853. The fourth-order valence-electron chi connectivity index (χ4n) is 3.22. The van der Waals surface area contributed by atoms with Crippen molar-refractivity contribution in [2.45, 2.75) is 26.7 Å². The minimum Gasteiger partial charge on any atom is -0.370 e. The van der Waals surface area contributed by atoms with E-state index in [9.17, 15) is 10.1 Å². The molecule has 0 N–H and O–H groups in total. The standard InChI is InChI=1S/C18H19N3O/c1-12-3-4-17-16(9-12)18(15(10-19)11-20-17)21-7-5-14(6-8-21)13(2)22/h3-4,9,11,14H,5-8H2,1-2H3. The van der Waals surface area contributed by atoms with Gasteiger partial charge in [-0.05, 0) is 38.8 Å². The molecule has 1 aliphatic heterocycles. The smallest absolute Gasteiger partial charge is 0.133 e. The number of ketones is 1. The molecule has 1 fully saturated rings. The average molecular weight is 293 g/mol. The summed E-state index contributed by atoms with van der Waals surface area (Å²) in [5.41, 5.74) is 3.65. The lowest BCUT2D eigenvalue weighted by Gasteiger charge is -2.33. The van der Waals surface area contributed by atoms with Crippen LogP contribution in [0.2, 0.25) is 0 Å². The Morgan fingerprint density at radius 1 is 1.36 bits per heavy atom. The van der Waals surface area contributed by atoms with Crippen LogP contribution in [0, 0.1) is 24.2 Å². The predicted molar refractivity (Wildman–Crippen MR) is 86.8 cm³/mol. The van der Waals surface area contributed by atoms with E-state index in [4.69, 9.17) is 0 Å². The van der Waals surface area contributed by atoms with Gasteiger partial charge in [-0.2, -0.15) is 5.26 Å². The molecule has 0 atom stereocenters. The normalized spacial score (nSPS) is 15.8. The molecule has 0 saturated carbocycles. The second-order valence-electron chi connectivity index (χ2n) is 6.02. The van der Waals surface area contributed by atoms with Crippen molar-refractivity contribution in [2.24, 2.45) is 5.92 Å². The van der Waals surface area contributed by atoms with Gasteiger partial charge in [0.1, 0.15) is 11.9 Å². The summed E-state index contributed by atoms with van der Waals surface area (Å²) in [6, 6.07) is 8.39. The highest BCUT2D eigenvalue weighted by Crippen LogP contribution is 2.33. The van der Waals surface area contributed by atoms with Crippen LogP contribution in [0.5, 0.6) is 0 Å². The number of benzene rings is 1. The summed E-state index contributed by atoms with van der Waals surface area (Å²) in [6.07, 6.45) is 3.37. The SMILES string of the molecule is CC(=O)C1CCN(c2c(C#N)cnc3ccc(C)cc23)CC1. The molecule has 22 heavy (non-hydrogen) atoms. The van der Waals surface area contributed by atoms with Gasteiger partial charge in [-0.3, -0.25) is 9.78 Å². The van der Waals surface area contributed by atoms with Gasteiger partial charge in [0.05, 0.1) is 16.8 Å². The van der Waals surface area contributed by atoms with Gasteiger partial charge in [-0.25, -0.2) is 0 Å². The van der Waals surface area contributed by atoms with Gasteiger partial charge in [0.25, 0.3) is 0 Å². The number of hydrogen-bond donors (Lipinski definition) is 0. The Kier molecular flexibility index (Phi) is 3.81. The molecule has 112 valence electrons. The summed E-state index contributed by atoms with van der Waals surface area (Å²) < 4.78 is 0. The first-order valence-corrected chi connectivity index (χ1v) is 7.65. The monoisotopic (exact) mass is 293 g/mol. The first-order chi connectivity index (χ1) is 10.6. The number of piperidine rings is 1. The lowest BCUT2D eigenvalue weighted by atomic mass is 9.92. The average Bonchev–Trinajstić information content (AvgIpc) is 2.53. The molecule has 1 aromatic carbocycles. The summed E-state index contributed by atoms with van der Waals surface area (Å²) in [5, 5.41) is 10.5. The van der Waals surface area contributed by atoms with Crippen molar-refractivity contribution in [2.75, 3.05) is 18.0 Å². The maximum atomic E-state index is 11.5. The summed E-state index contributed by atoms with van der Waals surface area (Å²) in [7, 11) is 0. The molecule has 0 radical (unpaired) electrons. The molecule has 4 nitrogen and oxygen atoms in total. The Labute approximate surface area is 130 Å². The largest absolute Gasteiger partial charge is 0.370 e. The molecule has 0 aliphatic carbocycles. The van der Waals surface area contributed by atoms with Crippen molar-refractivity contribution in [3.05, 3.63) is 35.5 Å². The molecule has 0 bridgehead atoms. The number of nitrogens with zero attached hydrogens (tertiary/aromatic N) is 3. The molecule has 0 spiro atoms. The first kappa shape index (κ1) is 14.5. The van der Waals surface area contributed by atoms with E-state index < -0.39 is 0 Å². The zero-order valence-corrected chi connectivity index (χ0v) is 13.0. The van der Waals surface area contributed by atoms with Crippen LogP contribution in [0.1, 0.15) is 30.9 Å². The summed E-state index contributed by atoms with van der Waals surface area (Å²) >= 11 is 0. The Morgan fingerprint density at radius 2 is 2.09 bits per heavy atom. The van der Waals surface area contributed by atoms with Crippen molar-refractivity contribution in [1.29, 1.82) is 5.26 Å². The van der Waals surface area contributed by atoms with E-state index in [0.29, 0.717) is 5.56 Å². The third-order valence-electron chi connectivity index (χ3n) is 4.50. The molecule has 4 heteroatoms. The van der Waals surface area contributed by atoms with Crippen LogP contribution in [-0.2, 0) is 4.79 Å². The summed E-state index contributed by atoms with van der Waals surface area (Å²) in [4.78, 5) is 18.2. The third-order valence-corrected chi connectivity index (χ3v) is 4.50. The van der Waals surface area contributed by atoms with Gasteiger partial charge >= 0.3 is 0 Å². The second kappa shape index (κ2) is 5.76. The third kappa shape index (κ3) is 2.55. The molecule has 3 rings (SSSR count). The van der Waals surface area contributed by atoms with Gasteiger partial charge < -0.3 is 4.90 Å². The van der Waals surface area contributed by atoms with E-state index in [1.807, 2.05) is 19.1 Å². The van der Waals surface area contributed by atoms with Gasteiger partial charge in [0.15, 0.2) is 0 Å². The van der Waals surface area contributed by atoms with Crippen LogP contribution in [0.15, 0.2) is 24.4 Å². The molecule has 1 saturated heterocycles. The number of hydrogen-bond acceptors (Lipinski definition) is 4. The predicted octanol–water partition coefficient (Wildman–Crippen LogP) is 3.22. The van der Waals surface area contributed by atoms with Crippen LogP contribution in [0.4, 0.5) is 5.69 Å². The number of pyridine rings is 1. The van der Waals surface area contributed by atoms with E-state index in [0.717, 1.165) is 48.1 Å². The van der Waals surface area contributed by atoms with E-state index in [2.05, 4.69) is 22.0 Å². The van der Waals surface area contributed by atoms with E-state index in [-0.39, 0.29) is 11.7 Å². The Bertz CT molecular complexity index is 768. The second-order valence-corrected chi connectivity index (χ2v) is 6.02. The zero-order valence-electron chi connectivity index (χ0n) is 13.0. The molecule has 0 unspecified atom stereocenters. The minimum absolute atomic E-state index is 0.164. The van der Waals surface area contributed by atoms with E-state index >= 15 is 0 Å². The van der Waals surface area contributed by atoms with Crippen LogP contribution in [-0.4, -0.2) is 23.9 Å². The number of Topliss-reactive ketones (excluding diaryl/α,β-unsaturated/α-hetero) is 1. The van der Waals surface area contributed by atoms with Crippen LogP contribution < -0.4 is 4.90 Å². The minimum atomic E-state index is 0.164. The number of aryl methyl sites for hydroxylation is 1. The van der Waals surface area contributed by atoms with Crippen LogP contribution >= 0.6 is 0 Å². The molecular formula is C18H19N3O. The van der Waals surface area contributed by atoms with E-state index in [1.54, 1.807) is 13.1 Å². The molecule has 1 aliphatic rings. The van der Waals surface area contributed by atoms with Crippen molar-refractivity contribution >= 4 is 22.4 Å². The van der Waals surface area contributed by atoms with Crippen molar-refractivity contribution < 1.29 is 4.79 Å². The number of rotatable bonds is 2. The fraction of sp³-hybridized carbons (Fsp3) is 0.389. The Hall–Kier alpha value is -2.41.